The van der Waals surface area contributed by atoms with Crippen LogP contribution < -0.4 is 5.32 Å². The predicted octanol–water partition coefficient (Wildman–Crippen LogP) is 3.35. The number of ether oxygens (including phenoxy) is 1. The molecule has 1 N–H and O–H groups in total. The standard InChI is InChI=1S/C23H25N3O2/c27-23(25-11-4-12-26-13-15-28-16-14-26)22-9-2-7-20-19(6-1-8-21(20)22)18-5-3-10-24-17-18/h1-3,5-10,17H,4,11-16H2,(H,25,27). The highest BCUT2D eigenvalue weighted by Crippen LogP contribution is 2.29. The van der Waals surface area contributed by atoms with Gasteiger partial charge in [-0.25, -0.2) is 0 Å². The summed E-state index contributed by atoms with van der Waals surface area (Å²) in [6, 6.07) is 16.0. The molecule has 1 saturated heterocycles. The van der Waals surface area contributed by atoms with Crippen molar-refractivity contribution in [1.82, 2.24) is 15.2 Å². The van der Waals surface area contributed by atoms with Gasteiger partial charge in [0.1, 0.15) is 0 Å². The highest BCUT2D eigenvalue weighted by atomic mass is 16.5. The molecule has 0 atom stereocenters. The Kier molecular flexibility index (Phi) is 5.95. The van der Waals surface area contributed by atoms with Crippen LogP contribution in [0.15, 0.2) is 60.9 Å². The van der Waals surface area contributed by atoms with Crippen molar-refractivity contribution < 1.29 is 9.53 Å². The number of hydrogen-bond acceptors (Lipinski definition) is 4. The largest absolute Gasteiger partial charge is 0.379 e. The van der Waals surface area contributed by atoms with E-state index in [0.717, 1.165) is 66.7 Å². The number of carbonyl (C=O) groups is 1. The fourth-order valence-electron chi connectivity index (χ4n) is 3.71. The van der Waals surface area contributed by atoms with E-state index in [0.29, 0.717) is 6.54 Å². The van der Waals surface area contributed by atoms with Crippen LogP contribution in [0, 0.1) is 0 Å². The Morgan fingerprint density at radius 3 is 2.68 bits per heavy atom. The maximum Gasteiger partial charge on any atom is 0.251 e. The van der Waals surface area contributed by atoms with Crippen LogP contribution >= 0.6 is 0 Å². The third-order valence-electron chi connectivity index (χ3n) is 5.18. The Morgan fingerprint density at radius 1 is 1.04 bits per heavy atom. The van der Waals surface area contributed by atoms with E-state index in [1.54, 1.807) is 6.20 Å². The van der Waals surface area contributed by atoms with Gasteiger partial charge < -0.3 is 10.1 Å². The molecule has 1 aliphatic heterocycles. The van der Waals surface area contributed by atoms with Crippen molar-refractivity contribution in [2.75, 3.05) is 39.4 Å². The smallest absolute Gasteiger partial charge is 0.251 e. The number of rotatable bonds is 6. The predicted molar refractivity (Wildman–Crippen MR) is 111 cm³/mol. The van der Waals surface area contributed by atoms with E-state index in [1.165, 1.54) is 0 Å². The number of benzene rings is 2. The molecule has 0 unspecified atom stereocenters. The van der Waals surface area contributed by atoms with Gasteiger partial charge in [-0.1, -0.05) is 36.4 Å². The summed E-state index contributed by atoms with van der Waals surface area (Å²) in [5.41, 5.74) is 2.86. The fourth-order valence-corrected chi connectivity index (χ4v) is 3.71. The number of morpholine rings is 1. The average Bonchev–Trinajstić information content (AvgIpc) is 2.77. The van der Waals surface area contributed by atoms with Gasteiger partial charge in [0.2, 0.25) is 0 Å². The molecule has 2 aromatic carbocycles. The van der Waals surface area contributed by atoms with E-state index < -0.39 is 0 Å². The van der Waals surface area contributed by atoms with Gasteiger partial charge in [0.15, 0.2) is 0 Å². The molecular weight excluding hydrogens is 350 g/mol. The summed E-state index contributed by atoms with van der Waals surface area (Å²) in [7, 11) is 0. The van der Waals surface area contributed by atoms with Crippen molar-refractivity contribution in [1.29, 1.82) is 0 Å². The minimum Gasteiger partial charge on any atom is -0.379 e. The molecule has 0 saturated carbocycles. The maximum absolute atomic E-state index is 12.8. The van der Waals surface area contributed by atoms with Gasteiger partial charge in [-0.05, 0) is 41.4 Å². The summed E-state index contributed by atoms with van der Waals surface area (Å²) >= 11 is 0. The van der Waals surface area contributed by atoms with Gasteiger partial charge in [0.05, 0.1) is 13.2 Å². The Hall–Kier alpha value is -2.76. The summed E-state index contributed by atoms with van der Waals surface area (Å²) in [5.74, 6) is -0.0177. The van der Waals surface area contributed by atoms with Crippen molar-refractivity contribution in [3.8, 4) is 11.1 Å². The second-order valence-electron chi connectivity index (χ2n) is 7.01. The van der Waals surface area contributed by atoms with Crippen LogP contribution in [-0.4, -0.2) is 55.2 Å². The zero-order valence-corrected chi connectivity index (χ0v) is 15.9. The van der Waals surface area contributed by atoms with Gasteiger partial charge in [-0.2, -0.15) is 0 Å². The lowest BCUT2D eigenvalue weighted by molar-refractivity contribution is 0.0374. The van der Waals surface area contributed by atoms with Crippen LogP contribution in [0.25, 0.3) is 21.9 Å². The van der Waals surface area contributed by atoms with Crippen LogP contribution in [-0.2, 0) is 4.74 Å². The first-order valence-corrected chi connectivity index (χ1v) is 9.83. The first kappa shape index (κ1) is 18.6. The lowest BCUT2D eigenvalue weighted by Crippen LogP contribution is -2.38. The molecule has 2 heterocycles. The molecule has 4 rings (SSSR count). The first-order chi connectivity index (χ1) is 13.8. The molecular formula is C23H25N3O2. The Balaban J connectivity index is 1.47. The molecule has 1 amide bonds. The minimum atomic E-state index is -0.0177. The fraction of sp³-hybridized carbons (Fsp3) is 0.304. The number of fused-ring (bicyclic) bond motifs is 1. The Morgan fingerprint density at radius 2 is 1.86 bits per heavy atom. The number of pyridine rings is 1. The lowest BCUT2D eigenvalue weighted by atomic mass is 9.96. The number of nitrogens with zero attached hydrogens (tertiary/aromatic N) is 2. The van der Waals surface area contributed by atoms with E-state index in [4.69, 9.17) is 4.74 Å². The van der Waals surface area contributed by atoms with Gasteiger partial charge in [0.25, 0.3) is 5.91 Å². The molecule has 0 radical (unpaired) electrons. The van der Waals surface area contributed by atoms with Crippen molar-refractivity contribution in [2.45, 2.75) is 6.42 Å². The highest BCUT2D eigenvalue weighted by Gasteiger charge is 2.13. The summed E-state index contributed by atoms with van der Waals surface area (Å²) in [6.45, 7) is 5.24. The van der Waals surface area contributed by atoms with Gasteiger partial charge in [0, 0.05) is 43.2 Å². The lowest BCUT2D eigenvalue weighted by Gasteiger charge is -2.26. The normalized spacial score (nSPS) is 14.9. The summed E-state index contributed by atoms with van der Waals surface area (Å²) in [6.07, 6.45) is 4.56. The van der Waals surface area contributed by atoms with Gasteiger partial charge in [-0.3, -0.25) is 14.7 Å². The zero-order chi connectivity index (χ0) is 19.2. The second-order valence-corrected chi connectivity index (χ2v) is 7.01. The van der Waals surface area contributed by atoms with Crippen LogP contribution in [0.5, 0.6) is 0 Å². The molecule has 0 aliphatic carbocycles. The molecule has 1 aromatic heterocycles. The quantitative estimate of drug-likeness (QED) is 0.672. The molecule has 1 fully saturated rings. The van der Waals surface area contributed by atoms with Crippen molar-refractivity contribution >= 4 is 16.7 Å². The number of hydrogen-bond donors (Lipinski definition) is 1. The summed E-state index contributed by atoms with van der Waals surface area (Å²) in [4.78, 5) is 19.4. The van der Waals surface area contributed by atoms with Crippen LogP contribution in [0.3, 0.4) is 0 Å². The van der Waals surface area contributed by atoms with Gasteiger partial charge >= 0.3 is 0 Å². The number of carbonyl (C=O) groups excluding carboxylic acids is 1. The third-order valence-corrected chi connectivity index (χ3v) is 5.18. The molecule has 0 bridgehead atoms. The monoisotopic (exact) mass is 375 g/mol. The summed E-state index contributed by atoms with van der Waals surface area (Å²) < 4.78 is 5.37. The number of nitrogens with one attached hydrogen (secondary N) is 1. The van der Waals surface area contributed by atoms with E-state index in [-0.39, 0.29) is 5.91 Å². The Bertz CT molecular complexity index is 937. The summed E-state index contributed by atoms with van der Waals surface area (Å²) in [5, 5.41) is 5.11. The minimum absolute atomic E-state index is 0.0177. The average molecular weight is 375 g/mol. The Labute approximate surface area is 165 Å². The van der Waals surface area contributed by atoms with E-state index in [9.17, 15) is 4.79 Å². The van der Waals surface area contributed by atoms with E-state index >= 15 is 0 Å². The topological polar surface area (TPSA) is 54.5 Å². The third kappa shape index (κ3) is 4.21. The van der Waals surface area contributed by atoms with E-state index in [1.807, 2.05) is 42.6 Å². The molecule has 0 spiro atoms. The molecule has 5 nitrogen and oxygen atoms in total. The van der Waals surface area contributed by atoms with Crippen LogP contribution in [0.2, 0.25) is 0 Å². The maximum atomic E-state index is 12.8. The molecule has 144 valence electrons. The first-order valence-electron chi connectivity index (χ1n) is 9.83. The molecule has 3 aromatic rings. The second kappa shape index (κ2) is 8.95. The molecule has 5 heteroatoms. The van der Waals surface area contributed by atoms with Crippen molar-refractivity contribution in [3.63, 3.8) is 0 Å². The molecule has 1 aliphatic rings. The van der Waals surface area contributed by atoms with Crippen molar-refractivity contribution in [2.24, 2.45) is 0 Å². The number of aromatic nitrogens is 1. The van der Waals surface area contributed by atoms with Crippen LogP contribution in [0.1, 0.15) is 16.8 Å². The van der Waals surface area contributed by atoms with E-state index in [2.05, 4.69) is 27.3 Å². The highest BCUT2D eigenvalue weighted by molar-refractivity contribution is 6.10. The van der Waals surface area contributed by atoms with Crippen molar-refractivity contribution in [3.05, 3.63) is 66.5 Å². The van der Waals surface area contributed by atoms with Gasteiger partial charge in [-0.15, -0.1) is 0 Å². The zero-order valence-electron chi connectivity index (χ0n) is 15.9. The molecule has 28 heavy (non-hydrogen) atoms. The van der Waals surface area contributed by atoms with Crippen LogP contribution in [0.4, 0.5) is 0 Å². The SMILES string of the molecule is O=C(NCCCN1CCOCC1)c1cccc2c(-c3cccnc3)cccc12. The number of amides is 1.